The van der Waals surface area contributed by atoms with Gasteiger partial charge in [0.1, 0.15) is 11.5 Å². The number of sulfone groups is 1. The van der Waals surface area contributed by atoms with Crippen molar-refractivity contribution in [3.63, 3.8) is 0 Å². The van der Waals surface area contributed by atoms with E-state index in [-0.39, 0.29) is 35.2 Å². The number of carbonyl (C=O) groups excluding carboxylic acids is 1. The molecule has 1 saturated carbocycles. The second-order valence-electron chi connectivity index (χ2n) is 6.82. The molecule has 1 aliphatic heterocycles. The molecule has 2 heterocycles. The summed E-state index contributed by atoms with van der Waals surface area (Å²) in [4.78, 5) is 21.3. The minimum absolute atomic E-state index is 0.0846. The van der Waals surface area contributed by atoms with E-state index in [9.17, 15) is 13.2 Å². The standard InChI is InChI=1S/C18H20N4O3S/c23-18(20-13-6-7-13)15-10-16(19-14-8-9-26(24,25)11-14)22-17(21-15)12-4-2-1-3-5-12/h1-5,10,13-14H,6-9,11H2,(H,20,23)(H,19,21,22). The molecule has 2 aromatic rings. The number of hydrogen-bond donors (Lipinski definition) is 2. The Hall–Kier alpha value is -2.48. The number of amides is 1. The molecule has 0 spiro atoms. The quantitative estimate of drug-likeness (QED) is 0.827. The van der Waals surface area contributed by atoms with E-state index in [1.807, 2.05) is 30.3 Å². The summed E-state index contributed by atoms with van der Waals surface area (Å²) in [5.41, 5.74) is 1.09. The maximum absolute atomic E-state index is 12.4. The molecule has 1 atom stereocenters. The Balaban J connectivity index is 1.64. The van der Waals surface area contributed by atoms with E-state index in [2.05, 4.69) is 20.6 Å². The van der Waals surface area contributed by atoms with Crippen LogP contribution in [0.4, 0.5) is 5.82 Å². The van der Waals surface area contributed by atoms with E-state index in [0.29, 0.717) is 18.1 Å². The first-order valence-corrected chi connectivity index (χ1v) is 10.5. The maximum atomic E-state index is 12.4. The van der Waals surface area contributed by atoms with E-state index >= 15 is 0 Å². The molecule has 1 unspecified atom stereocenters. The van der Waals surface area contributed by atoms with Crippen LogP contribution in [-0.4, -0.2) is 47.9 Å². The third-order valence-corrected chi connectivity index (χ3v) is 6.26. The monoisotopic (exact) mass is 372 g/mol. The SMILES string of the molecule is O=C(NC1CC1)c1cc(NC2CCS(=O)(=O)C2)nc(-c2ccccc2)n1. The molecule has 8 heteroatoms. The van der Waals surface area contributed by atoms with E-state index in [1.165, 1.54) is 0 Å². The van der Waals surface area contributed by atoms with Gasteiger partial charge in [-0.1, -0.05) is 30.3 Å². The van der Waals surface area contributed by atoms with Crippen LogP contribution in [0.3, 0.4) is 0 Å². The lowest BCUT2D eigenvalue weighted by atomic mass is 10.2. The lowest BCUT2D eigenvalue weighted by Crippen LogP contribution is -2.27. The van der Waals surface area contributed by atoms with Gasteiger partial charge in [-0.3, -0.25) is 4.79 Å². The number of hydrogen-bond acceptors (Lipinski definition) is 6. The van der Waals surface area contributed by atoms with Gasteiger partial charge in [-0.25, -0.2) is 18.4 Å². The second-order valence-corrected chi connectivity index (χ2v) is 9.05. The average Bonchev–Trinajstić information content (AvgIpc) is 3.37. The zero-order chi connectivity index (χ0) is 18.1. The van der Waals surface area contributed by atoms with Crippen LogP contribution in [0.5, 0.6) is 0 Å². The summed E-state index contributed by atoms with van der Waals surface area (Å²) < 4.78 is 23.4. The molecule has 1 saturated heterocycles. The van der Waals surface area contributed by atoms with Gasteiger partial charge in [0.15, 0.2) is 15.7 Å². The van der Waals surface area contributed by atoms with Crippen molar-refractivity contribution in [1.82, 2.24) is 15.3 Å². The first kappa shape index (κ1) is 17.0. The molecule has 2 fully saturated rings. The number of carbonyl (C=O) groups is 1. The summed E-state index contributed by atoms with van der Waals surface area (Å²) in [5, 5.41) is 6.09. The molecule has 26 heavy (non-hydrogen) atoms. The van der Waals surface area contributed by atoms with Gasteiger partial charge < -0.3 is 10.6 Å². The molecule has 0 bridgehead atoms. The van der Waals surface area contributed by atoms with Crippen LogP contribution in [0, 0.1) is 0 Å². The number of anilines is 1. The topological polar surface area (TPSA) is 101 Å². The Morgan fingerprint density at radius 1 is 1.04 bits per heavy atom. The van der Waals surface area contributed by atoms with Crippen molar-refractivity contribution in [3.05, 3.63) is 42.1 Å². The van der Waals surface area contributed by atoms with Crippen molar-refractivity contribution in [1.29, 1.82) is 0 Å². The smallest absolute Gasteiger partial charge is 0.270 e. The normalized spacial score (nSPS) is 21.3. The number of aromatic nitrogens is 2. The van der Waals surface area contributed by atoms with E-state index in [0.717, 1.165) is 18.4 Å². The van der Waals surface area contributed by atoms with Crippen molar-refractivity contribution in [3.8, 4) is 11.4 Å². The Morgan fingerprint density at radius 2 is 1.81 bits per heavy atom. The molecular weight excluding hydrogens is 352 g/mol. The molecule has 7 nitrogen and oxygen atoms in total. The Labute approximate surface area is 152 Å². The number of nitrogens with zero attached hydrogens (tertiary/aromatic N) is 2. The molecule has 4 rings (SSSR count). The Bertz CT molecular complexity index is 927. The third kappa shape index (κ3) is 4.01. The number of rotatable bonds is 5. The van der Waals surface area contributed by atoms with Crippen molar-refractivity contribution in [2.45, 2.75) is 31.3 Å². The first-order valence-electron chi connectivity index (χ1n) is 8.71. The van der Waals surface area contributed by atoms with E-state index in [4.69, 9.17) is 0 Å². The minimum Gasteiger partial charge on any atom is -0.366 e. The zero-order valence-corrected chi connectivity index (χ0v) is 15.0. The number of nitrogens with one attached hydrogen (secondary N) is 2. The fourth-order valence-electron chi connectivity index (χ4n) is 2.96. The van der Waals surface area contributed by atoms with Gasteiger partial charge >= 0.3 is 0 Å². The molecule has 0 radical (unpaired) electrons. The van der Waals surface area contributed by atoms with Crippen molar-refractivity contribution < 1.29 is 13.2 Å². The first-order chi connectivity index (χ1) is 12.5. The molecule has 1 aromatic carbocycles. The van der Waals surface area contributed by atoms with Crippen LogP contribution in [0.2, 0.25) is 0 Å². The Morgan fingerprint density at radius 3 is 2.46 bits per heavy atom. The number of benzene rings is 1. The van der Waals surface area contributed by atoms with Crippen molar-refractivity contribution in [2.24, 2.45) is 0 Å². The van der Waals surface area contributed by atoms with Crippen LogP contribution in [0.15, 0.2) is 36.4 Å². The van der Waals surface area contributed by atoms with Crippen LogP contribution in [-0.2, 0) is 9.84 Å². The molecule has 2 N–H and O–H groups in total. The highest BCUT2D eigenvalue weighted by Gasteiger charge is 2.29. The van der Waals surface area contributed by atoms with Gasteiger partial charge in [0.05, 0.1) is 11.5 Å². The highest BCUT2D eigenvalue weighted by molar-refractivity contribution is 7.91. The van der Waals surface area contributed by atoms with Gasteiger partial charge in [-0.2, -0.15) is 0 Å². The van der Waals surface area contributed by atoms with E-state index in [1.54, 1.807) is 6.07 Å². The average molecular weight is 372 g/mol. The summed E-state index contributed by atoms with van der Waals surface area (Å²) in [5.74, 6) is 0.950. The molecule has 136 valence electrons. The van der Waals surface area contributed by atoms with Gasteiger partial charge in [0.2, 0.25) is 0 Å². The lowest BCUT2D eigenvalue weighted by molar-refractivity contribution is 0.0946. The van der Waals surface area contributed by atoms with E-state index < -0.39 is 9.84 Å². The summed E-state index contributed by atoms with van der Waals surface area (Å²) in [7, 11) is -3.00. The fraction of sp³-hybridized carbons (Fsp3) is 0.389. The van der Waals surface area contributed by atoms with Crippen molar-refractivity contribution in [2.75, 3.05) is 16.8 Å². The predicted molar refractivity (Wildman–Crippen MR) is 98.6 cm³/mol. The second kappa shape index (κ2) is 6.68. The summed E-state index contributed by atoms with van der Waals surface area (Å²) >= 11 is 0. The van der Waals surface area contributed by atoms with Crippen LogP contribution < -0.4 is 10.6 Å². The zero-order valence-electron chi connectivity index (χ0n) is 14.2. The summed E-state index contributed by atoms with van der Waals surface area (Å²) in [6.07, 6.45) is 2.53. The predicted octanol–water partition coefficient (Wildman–Crippen LogP) is 1.63. The lowest BCUT2D eigenvalue weighted by Gasteiger charge is -2.14. The molecule has 2 aliphatic rings. The largest absolute Gasteiger partial charge is 0.366 e. The molecular formula is C18H20N4O3S. The summed E-state index contributed by atoms with van der Waals surface area (Å²) in [6.45, 7) is 0. The van der Waals surface area contributed by atoms with Gasteiger partial charge in [0, 0.05) is 23.7 Å². The van der Waals surface area contributed by atoms with Gasteiger partial charge in [-0.05, 0) is 19.3 Å². The minimum atomic E-state index is -3.00. The van der Waals surface area contributed by atoms with Crippen LogP contribution in [0.1, 0.15) is 29.8 Å². The molecule has 1 aromatic heterocycles. The third-order valence-electron chi connectivity index (χ3n) is 4.49. The molecule has 1 aliphatic carbocycles. The Kier molecular flexibility index (Phi) is 4.36. The maximum Gasteiger partial charge on any atom is 0.270 e. The highest BCUT2D eigenvalue weighted by Crippen LogP contribution is 2.23. The molecule has 1 amide bonds. The summed E-state index contributed by atoms with van der Waals surface area (Å²) in [6, 6.07) is 11.0. The fourth-order valence-corrected chi connectivity index (χ4v) is 4.63. The van der Waals surface area contributed by atoms with Crippen LogP contribution >= 0.6 is 0 Å². The van der Waals surface area contributed by atoms with Crippen LogP contribution in [0.25, 0.3) is 11.4 Å². The van der Waals surface area contributed by atoms with Crippen molar-refractivity contribution >= 4 is 21.6 Å². The van der Waals surface area contributed by atoms with Gasteiger partial charge in [0.25, 0.3) is 5.91 Å². The highest BCUT2D eigenvalue weighted by atomic mass is 32.2. The van der Waals surface area contributed by atoms with Gasteiger partial charge in [-0.15, -0.1) is 0 Å².